The third-order valence-corrected chi connectivity index (χ3v) is 2.30. The number of nitrogens with one attached hydrogen (secondary N) is 1. The number of ether oxygens (including phenoxy) is 1. The lowest BCUT2D eigenvalue weighted by molar-refractivity contribution is -0.135. The monoisotopic (exact) mass is 273 g/mol. The Kier molecular flexibility index (Phi) is 4.28. The SMILES string of the molecule is O=C1C=c2[nH]c(=O)o/c2=C/OC(=O)C\C=C/C=C\C=C/1. The van der Waals surface area contributed by atoms with Gasteiger partial charge in [0.25, 0.3) is 0 Å². The molecule has 0 unspecified atom stereocenters. The molecule has 102 valence electrons. The van der Waals surface area contributed by atoms with E-state index < -0.39 is 11.7 Å². The van der Waals surface area contributed by atoms with Crippen LogP contribution in [0.15, 0.2) is 45.7 Å². The number of carbonyl (C=O) groups is 2. The normalized spacial score (nSPS) is 22.3. The lowest BCUT2D eigenvalue weighted by atomic mass is 10.3. The first-order chi connectivity index (χ1) is 9.65. The Bertz CT molecular complexity index is 773. The van der Waals surface area contributed by atoms with Gasteiger partial charge in [-0.2, -0.15) is 0 Å². The van der Waals surface area contributed by atoms with Crippen LogP contribution in [0.1, 0.15) is 6.42 Å². The van der Waals surface area contributed by atoms with Gasteiger partial charge < -0.3 is 9.15 Å². The maximum atomic E-state index is 11.6. The molecule has 0 atom stereocenters. The van der Waals surface area contributed by atoms with Crippen molar-refractivity contribution in [3.05, 3.63) is 57.8 Å². The summed E-state index contributed by atoms with van der Waals surface area (Å²) in [5.41, 5.74) is -0.0123. The van der Waals surface area contributed by atoms with Gasteiger partial charge in [0.2, 0.25) is 0 Å². The summed E-state index contributed by atoms with van der Waals surface area (Å²) in [6.45, 7) is 0. The molecule has 1 aliphatic rings. The number of aromatic nitrogens is 1. The molecule has 0 fully saturated rings. The Balaban J connectivity index is 2.49. The average Bonchev–Trinajstić information content (AvgIpc) is 2.74. The molecule has 0 bridgehead atoms. The molecule has 6 nitrogen and oxygen atoms in total. The van der Waals surface area contributed by atoms with Crippen LogP contribution in [0.5, 0.6) is 0 Å². The molecule has 0 amide bonds. The van der Waals surface area contributed by atoms with Crippen LogP contribution in [0.3, 0.4) is 0 Å². The zero-order chi connectivity index (χ0) is 14.4. The highest BCUT2D eigenvalue weighted by Crippen LogP contribution is 1.91. The van der Waals surface area contributed by atoms with Crippen LogP contribution >= 0.6 is 0 Å². The second-order valence-electron chi connectivity index (χ2n) is 3.82. The molecule has 0 aliphatic carbocycles. The van der Waals surface area contributed by atoms with Crippen molar-refractivity contribution in [2.45, 2.75) is 6.42 Å². The van der Waals surface area contributed by atoms with Crippen molar-refractivity contribution in [1.29, 1.82) is 0 Å². The average molecular weight is 273 g/mol. The molecule has 2 heterocycles. The molecule has 0 radical (unpaired) electrons. The Labute approximate surface area is 113 Å². The number of allylic oxidation sites excluding steroid dienone is 5. The van der Waals surface area contributed by atoms with Gasteiger partial charge in [-0.1, -0.05) is 30.4 Å². The second-order valence-corrected chi connectivity index (χ2v) is 3.82. The van der Waals surface area contributed by atoms with Crippen molar-refractivity contribution in [3.8, 4) is 0 Å². The molecule has 6 heteroatoms. The lowest BCUT2D eigenvalue weighted by Gasteiger charge is -1.92. The van der Waals surface area contributed by atoms with E-state index in [4.69, 9.17) is 9.15 Å². The van der Waals surface area contributed by atoms with E-state index in [0.717, 1.165) is 6.26 Å². The summed E-state index contributed by atoms with van der Waals surface area (Å²) in [6.07, 6.45) is 11.7. The summed E-state index contributed by atoms with van der Waals surface area (Å²) in [5.74, 6) is -1.59. The molecule has 20 heavy (non-hydrogen) atoms. The first-order valence-electron chi connectivity index (χ1n) is 5.79. The Morgan fingerprint density at radius 1 is 1.05 bits per heavy atom. The molecule has 0 saturated heterocycles. The maximum Gasteiger partial charge on any atom is 0.417 e. The van der Waals surface area contributed by atoms with Gasteiger partial charge in [-0.05, 0) is 6.08 Å². The fourth-order valence-corrected chi connectivity index (χ4v) is 1.43. The number of H-pyrrole nitrogens is 1. The van der Waals surface area contributed by atoms with E-state index in [2.05, 4.69) is 4.98 Å². The largest absolute Gasteiger partial charge is 0.430 e. The minimum Gasteiger partial charge on any atom is -0.430 e. The van der Waals surface area contributed by atoms with Gasteiger partial charge >= 0.3 is 11.7 Å². The van der Waals surface area contributed by atoms with Crippen LogP contribution in [0.2, 0.25) is 0 Å². The van der Waals surface area contributed by atoms with E-state index in [9.17, 15) is 14.4 Å². The number of cyclic esters (lactones) is 1. The lowest BCUT2D eigenvalue weighted by Crippen LogP contribution is -2.24. The van der Waals surface area contributed by atoms with Crippen LogP contribution in [0.25, 0.3) is 12.3 Å². The minimum absolute atomic E-state index is 0.0123. The smallest absolute Gasteiger partial charge is 0.417 e. The van der Waals surface area contributed by atoms with Crippen molar-refractivity contribution >= 4 is 24.1 Å². The van der Waals surface area contributed by atoms with Gasteiger partial charge in [0.15, 0.2) is 11.2 Å². The van der Waals surface area contributed by atoms with Crippen LogP contribution in [-0.4, -0.2) is 16.7 Å². The highest BCUT2D eigenvalue weighted by molar-refractivity contribution is 6.13. The topological polar surface area (TPSA) is 89.4 Å². The summed E-state index contributed by atoms with van der Waals surface area (Å²) in [5, 5.41) is 0.147. The zero-order valence-corrected chi connectivity index (χ0v) is 10.4. The fraction of sp³-hybridized carbons (Fsp3) is 0.0714. The van der Waals surface area contributed by atoms with Crippen molar-refractivity contribution in [2.75, 3.05) is 0 Å². The molecule has 0 saturated carbocycles. The van der Waals surface area contributed by atoms with Crippen molar-refractivity contribution in [2.24, 2.45) is 0 Å². The molecule has 0 aromatic carbocycles. The number of esters is 1. The molecule has 1 N–H and O–H groups in total. The summed E-state index contributed by atoms with van der Waals surface area (Å²) in [6, 6.07) is 0. The van der Waals surface area contributed by atoms with E-state index in [1.807, 2.05) is 0 Å². The van der Waals surface area contributed by atoms with E-state index in [0.29, 0.717) is 0 Å². The Morgan fingerprint density at radius 3 is 2.70 bits per heavy atom. The highest BCUT2D eigenvalue weighted by atomic mass is 16.5. The Hall–Kier alpha value is -2.89. The van der Waals surface area contributed by atoms with Crippen molar-refractivity contribution < 1.29 is 18.7 Å². The fourth-order valence-electron chi connectivity index (χ4n) is 1.43. The molecule has 1 aromatic heterocycles. The van der Waals surface area contributed by atoms with Crippen molar-refractivity contribution in [1.82, 2.24) is 4.98 Å². The van der Waals surface area contributed by atoms with Crippen LogP contribution in [0, 0.1) is 0 Å². The van der Waals surface area contributed by atoms with Gasteiger partial charge in [0.1, 0.15) is 6.26 Å². The number of hydrogen-bond donors (Lipinski definition) is 1. The standard InChI is InChI=1S/C14H11NO5/c16-10-6-4-2-1-3-5-7-13(17)19-9-12-11(8-10)15-14(18)20-12/h1-6,8-9H,7H2,(H,15,18)/b2-1-,5-3-,6-4-,11-8?,12-9+. The molecule has 0 spiro atoms. The molecular weight excluding hydrogens is 262 g/mol. The third kappa shape index (κ3) is 3.81. The van der Waals surface area contributed by atoms with Gasteiger partial charge in [-0.25, -0.2) is 4.79 Å². The first kappa shape index (κ1) is 13.5. The number of carbonyl (C=O) groups excluding carboxylic acids is 2. The summed E-state index contributed by atoms with van der Waals surface area (Å²) in [7, 11) is 0. The molecule has 1 aliphatic heterocycles. The number of hydrogen-bond acceptors (Lipinski definition) is 5. The van der Waals surface area contributed by atoms with Crippen LogP contribution < -0.4 is 16.5 Å². The van der Waals surface area contributed by atoms with Gasteiger partial charge in [-0.15, -0.1) is 0 Å². The Morgan fingerprint density at radius 2 is 1.85 bits per heavy atom. The maximum absolute atomic E-state index is 11.6. The molecule has 2 rings (SSSR count). The zero-order valence-electron chi connectivity index (χ0n) is 10.4. The number of aromatic amines is 1. The van der Waals surface area contributed by atoms with Crippen LogP contribution in [0.4, 0.5) is 0 Å². The van der Waals surface area contributed by atoms with E-state index in [1.54, 1.807) is 30.4 Å². The number of ketones is 1. The third-order valence-electron chi connectivity index (χ3n) is 2.30. The first-order valence-corrected chi connectivity index (χ1v) is 5.79. The number of oxazole rings is 1. The van der Waals surface area contributed by atoms with Gasteiger partial charge in [0, 0.05) is 6.08 Å². The van der Waals surface area contributed by atoms with E-state index in [-0.39, 0.29) is 23.0 Å². The quantitative estimate of drug-likeness (QED) is 0.654. The van der Waals surface area contributed by atoms with E-state index >= 15 is 0 Å². The number of rotatable bonds is 0. The highest BCUT2D eigenvalue weighted by Gasteiger charge is 2.01. The van der Waals surface area contributed by atoms with Crippen molar-refractivity contribution in [3.63, 3.8) is 0 Å². The van der Waals surface area contributed by atoms with E-state index in [1.165, 1.54) is 12.2 Å². The van der Waals surface area contributed by atoms with Crippen LogP contribution in [-0.2, 0) is 14.3 Å². The summed E-state index contributed by atoms with van der Waals surface area (Å²) < 4.78 is 9.60. The summed E-state index contributed by atoms with van der Waals surface area (Å²) >= 11 is 0. The molecular formula is C14H11NO5. The second kappa shape index (κ2) is 6.33. The minimum atomic E-state index is -0.737. The summed E-state index contributed by atoms with van der Waals surface area (Å²) in [4.78, 5) is 36.5. The van der Waals surface area contributed by atoms with Gasteiger partial charge in [-0.3, -0.25) is 14.6 Å². The van der Waals surface area contributed by atoms with Gasteiger partial charge in [0.05, 0.1) is 11.8 Å². The number of fused-ring (bicyclic) bond motifs is 1. The predicted molar refractivity (Wildman–Crippen MR) is 70.6 cm³/mol. The predicted octanol–water partition coefficient (Wildman–Crippen LogP) is -0.329. The molecule has 1 aromatic rings.